The van der Waals surface area contributed by atoms with Gasteiger partial charge in [0.25, 0.3) is 0 Å². The van der Waals surface area contributed by atoms with Crippen LogP contribution in [-0.4, -0.2) is 36.1 Å². The molecule has 0 bridgehead atoms. The summed E-state index contributed by atoms with van der Waals surface area (Å²) in [5, 5.41) is 11.9. The predicted octanol–water partition coefficient (Wildman–Crippen LogP) is 1.46. The number of carbonyl (C=O) groups is 2. The van der Waals surface area contributed by atoms with Gasteiger partial charge in [-0.1, -0.05) is 26.0 Å². The highest BCUT2D eigenvalue weighted by atomic mass is 16.4. The summed E-state index contributed by atoms with van der Waals surface area (Å²) < 4.78 is 0. The summed E-state index contributed by atoms with van der Waals surface area (Å²) in [5.74, 6) is -1.21. The number of nitrogens with two attached hydrogens (primary N) is 1. The average molecular weight is 293 g/mol. The summed E-state index contributed by atoms with van der Waals surface area (Å²) in [6.07, 6.45) is 1.68. The van der Waals surface area contributed by atoms with Gasteiger partial charge < -0.3 is 21.1 Å². The van der Waals surface area contributed by atoms with Crippen LogP contribution in [0.4, 0.5) is 11.4 Å². The molecule has 0 fully saturated rings. The fourth-order valence-corrected chi connectivity index (χ4v) is 2.10. The van der Waals surface area contributed by atoms with Gasteiger partial charge in [0.15, 0.2) is 0 Å². The number of nitrogens with zero attached hydrogens (tertiary/aromatic N) is 1. The SMILES string of the molecule is CCC(CC)NC(=O)CN(CC(=O)O)c1ccccc1N. The molecule has 0 unspecified atom stereocenters. The number of carboxylic acid groups (broad SMARTS) is 1. The largest absolute Gasteiger partial charge is 0.480 e. The molecule has 1 aromatic carbocycles. The summed E-state index contributed by atoms with van der Waals surface area (Å²) >= 11 is 0. The van der Waals surface area contributed by atoms with E-state index in [4.69, 9.17) is 10.8 Å². The third-order valence-corrected chi connectivity index (χ3v) is 3.29. The second kappa shape index (κ2) is 8.14. The van der Waals surface area contributed by atoms with Crippen LogP contribution in [0.3, 0.4) is 0 Å². The van der Waals surface area contributed by atoms with E-state index >= 15 is 0 Å². The first-order valence-electron chi connectivity index (χ1n) is 7.08. The molecule has 116 valence electrons. The van der Waals surface area contributed by atoms with E-state index in [-0.39, 0.29) is 25.0 Å². The van der Waals surface area contributed by atoms with E-state index in [1.54, 1.807) is 24.3 Å². The average Bonchev–Trinajstić information content (AvgIpc) is 2.44. The van der Waals surface area contributed by atoms with Crippen molar-refractivity contribution in [3.63, 3.8) is 0 Å². The van der Waals surface area contributed by atoms with Crippen LogP contribution in [0.5, 0.6) is 0 Å². The Balaban J connectivity index is 2.82. The smallest absolute Gasteiger partial charge is 0.323 e. The number of carboxylic acids is 1. The number of nitrogen functional groups attached to an aromatic ring is 1. The lowest BCUT2D eigenvalue weighted by Crippen LogP contribution is -2.43. The van der Waals surface area contributed by atoms with E-state index in [9.17, 15) is 9.59 Å². The molecule has 1 aromatic rings. The second-order valence-corrected chi connectivity index (χ2v) is 4.89. The van der Waals surface area contributed by atoms with Crippen molar-refractivity contribution in [1.82, 2.24) is 5.32 Å². The van der Waals surface area contributed by atoms with E-state index in [2.05, 4.69) is 5.32 Å². The summed E-state index contributed by atoms with van der Waals surface area (Å²) in [5.41, 5.74) is 6.87. The van der Waals surface area contributed by atoms with Crippen molar-refractivity contribution in [3.8, 4) is 0 Å². The lowest BCUT2D eigenvalue weighted by Gasteiger charge is -2.25. The predicted molar refractivity (Wildman–Crippen MR) is 83.2 cm³/mol. The van der Waals surface area contributed by atoms with Crippen LogP contribution in [0.15, 0.2) is 24.3 Å². The van der Waals surface area contributed by atoms with Gasteiger partial charge in [0.1, 0.15) is 6.54 Å². The maximum Gasteiger partial charge on any atom is 0.323 e. The fraction of sp³-hybridized carbons (Fsp3) is 0.467. The minimum absolute atomic E-state index is 0.0307. The number of anilines is 2. The maximum atomic E-state index is 12.1. The lowest BCUT2D eigenvalue weighted by atomic mass is 10.1. The quantitative estimate of drug-likeness (QED) is 0.631. The van der Waals surface area contributed by atoms with Crippen LogP contribution in [-0.2, 0) is 9.59 Å². The molecular weight excluding hydrogens is 270 g/mol. The maximum absolute atomic E-state index is 12.1. The van der Waals surface area contributed by atoms with Crippen molar-refractivity contribution in [2.45, 2.75) is 32.7 Å². The van der Waals surface area contributed by atoms with Crippen molar-refractivity contribution >= 4 is 23.3 Å². The molecule has 0 saturated heterocycles. The number of amides is 1. The van der Waals surface area contributed by atoms with Crippen molar-refractivity contribution in [1.29, 1.82) is 0 Å². The molecule has 0 aromatic heterocycles. The van der Waals surface area contributed by atoms with Gasteiger partial charge in [-0.25, -0.2) is 0 Å². The molecular formula is C15H23N3O3. The van der Waals surface area contributed by atoms with Gasteiger partial charge in [-0.15, -0.1) is 0 Å². The van der Waals surface area contributed by atoms with Gasteiger partial charge in [0, 0.05) is 6.04 Å². The van der Waals surface area contributed by atoms with E-state index in [0.717, 1.165) is 12.8 Å². The Hall–Kier alpha value is -2.24. The molecule has 0 aliphatic heterocycles. The molecule has 1 rings (SSSR count). The van der Waals surface area contributed by atoms with E-state index in [1.165, 1.54) is 4.90 Å². The number of nitrogens with one attached hydrogen (secondary N) is 1. The highest BCUT2D eigenvalue weighted by Crippen LogP contribution is 2.21. The number of hydrogen-bond acceptors (Lipinski definition) is 4. The molecule has 4 N–H and O–H groups in total. The van der Waals surface area contributed by atoms with Crippen molar-refractivity contribution in [2.75, 3.05) is 23.7 Å². The van der Waals surface area contributed by atoms with Crippen LogP contribution in [0, 0.1) is 0 Å². The van der Waals surface area contributed by atoms with E-state index < -0.39 is 5.97 Å². The molecule has 6 nitrogen and oxygen atoms in total. The Morgan fingerprint density at radius 3 is 2.38 bits per heavy atom. The second-order valence-electron chi connectivity index (χ2n) is 4.89. The topological polar surface area (TPSA) is 95.7 Å². The minimum atomic E-state index is -1.01. The zero-order valence-corrected chi connectivity index (χ0v) is 12.5. The van der Waals surface area contributed by atoms with Gasteiger partial charge in [-0.3, -0.25) is 9.59 Å². The van der Waals surface area contributed by atoms with Crippen molar-refractivity contribution < 1.29 is 14.7 Å². The molecule has 21 heavy (non-hydrogen) atoms. The monoisotopic (exact) mass is 293 g/mol. The van der Waals surface area contributed by atoms with Crippen LogP contribution < -0.4 is 16.0 Å². The summed E-state index contributed by atoms with van der Waals surface area (Å²) in [7, 11) is 0. The Labute approximate surface area is 124 Å². The standard InChI is InChI=1S/C15H23N3O3/c1-3-11(4-2)17-14(19)9-18(10-15(20)21)13-8-6-5-7-12(13)16/h5-8,11H,3-4,9-10,16H2,1-2H3,(H,17,19)(H,20,21). The number of rotatable bonds is 8. The number of para-hydroxylation sites is 2. The van der Waals surface area contributed by atoms with E-state index in [1.807, 2.05) is 13.8 Å². The van der Waals surface area contributed by atoms with Crippen LogP contribution in [0.2, 0.25) is 0 Å². The first kappa shape index (κ1) is 16.8. The molecule has 0 spiro atoms. The number of benzene rings is 1. The summed E-state index contributed by atoms with van der Waals surface area (Å²) in [6.45, 7) is 3.69. The Morgan fingerprint density at radius 1 is 1.24 bits per heavy atom. The Morgan fingerprint density at radius 2 is 1.86 bits per heavy atom. The van der Waals surface area contributed by atoms with Gasteiger partial charge in [0.05, 0.1) is 17.9 Å². The Kier molecular flexibility index (Phi) is 6.52. The highest BCUT2D eigenvalue weighted by molar-refractivity contribution is 5.86. The molecule has 1 amide bonds. The minimum Gasteiger partial charge on any atom is -0.480 e. The van der Waals surface area contributed by atoms with Crippen LogP contribution in [0.1, 0.15) is 26.7 Å². The first-order valence-corrected chi connectivity index (χ1v) is 7.08. The Bertz CT molecular complexity index is 487. The molecule has 0 heterocycles. The third kappa shape index (κ3) is 5.33. The molecule has 6 heteroatoms. The van der Waals surface area contributed by atoms with Gasteiger partial charge in [-0.2, -0.15) is 0 Å². The molecule has 0 aliphatic rings. The number of aliphatic carboxylic acids is 1. The molecule has 0 saturated carbocycles. The van der Waals surface area contributed by atoms with Gasteiger partial charge in [0.2, 0.25) is 5.91 Å². The van der Waals surface area contributed by atoms with Crippen molar-refractivity contribution in [2.24, 2.45) is 0 Å². The number of hydrogen-bond donors (Lipinski definition) is 3. The normalized spacial score (nSPS) is 10.4. The van der Waals surface area contributed by atoms with Crippen LogP contribution in [0.25, 0.3) is 0 Å². The highest BCUT2D eigenvalue weighted by Gasteiger charge is 2.18. The third-order valence-electron chi connectivity index (χ3n) is 3.29. The van der Waals surface area contributed by atoms with Crippen molar-refractivity contribution in [3.05, 3.63) is 24.3 Å². The zero-order chi connectivity index (χ0) is 15.8. The summed E-state index contributed by atoms with van der Waals surface area (Å²) in [4.78, 5) is 24.5. The van der Waals surface area contributed by atoms with Gasteiger partial charge >= 0.3 is 5.97 Å². The number of carbonyl (C=O) groups excluding carboxylic acids is 1. The summed E-state index contributed by atoms with van der Waals surface area (Å²) in [6, 6.07) is 7.03. The van der Waals surface area contributed by atoms with Crippen LogP contribution >= 0.6 is 0 Å². The molecule has 0 atom stereocenters. The van der Waals surface area contributed by atoms with Gasteiger partial charge in [-0.05, 0) is 25.0 Å². The molecule has 0 aliphatic carbocycles. The van der Waals surface area contributed by atoms with E-state index in [0.29, 0.717) is 11.4 Å². The first-order chi connectivity index (χ1) is 9.97. The molecule has 0 radical (unpaired) electrons. The fourth-order valence-electron chi connectivity index (χ4n) is 2.10. The lowest BCUT2D eigenvalue weighted by molar-refractivity contribution is -0.135. The zero-order valence-electron chi connectivity index (χ0n) is 12.5.